The number of rotatable bonds is 5. The zero-order chi connectivity index (χ0) is 14.8. The maximum atomic E-state index is 12.9. The minimum atomic E-state index is -4.48. The Morgan fingerprint density at radius 1 is 1.35 bits per heavy atom. The second kappa shape index (κ2) is 5.73. The molecule has 2 N–H and O–H groups in total. The Kier molecular flexibility index (Phi) is 4.20. The lowest BCUT2D eigenvalue weighted by Gasteiger charge is -2.16. The molecule has 1 amide bonds. The molecule has 20 heavy (non-hydrogen) atoms. The molecule has 0 spiro atoms. The van der Waals surface area contributed by atoms with Crippen LogP contribution in [0, 0.1) is 5.92 Å². The molecule has 1 fully saturated rings. The van der Waals surface area contributed by atoms with Crippen molar-refractivity contribution >= 4 is 11.6 Å². The largest absolute Gasteiger partial charge is 0.418 e. The zero-order valence-corrected chi connectivity index (χ0v) is 11.2. The molecule has 1 aliphatic rings. The number of benzene rings is 1. The Balaban J connectivity index is 2.14. The molecule has 1 aliphatic carbocycles. The number of hydrogen-bond donors (Lipinski definition) is 2. The van der Waals surface area contributed by atoms with Crippen molar-refractivity contribution in [3.8, 4) is 0 Å². The lowest BCUT2D eigenvalue weighted by molar-refractivity contribution is -0.136. The number of halogens is 3. The third-order valence-electron chi connectivity index (χ3n) is 3.40. The molecular formula is C14H17F3N2O. The number of carbonyl (C=O) groups excluding carboxylic acids is 1. The molecule has 0 unspecified atom stereocenters. The van der Waals surface area contributed by atoms with E-state index in [9.17, 15) is 18.0 Å². The molecule has 1 aromatic rings. The van der Waals surface area contributed by atoms with Gasteiger partial charge in [-0.05, 0) is 24.5 Å². The minimum absolute atomic E-state index is 0.0260. The lowest BCUT2D eigenvalue weighted by Crippen LogP contribution is -2.26. The predicted octanol–water partition coefficient (Wildman–Crippen LogP) is 3.28. The summed E-state index contributed by atoms with van der Waals surface area (Å²) in [5, 5.41) is 5.16. The van der Waals surface area contributed by atoms with Crippen LogP contribution in [0.25, 0.3) is 0 Å². The van der Waals surface area contributed by atoms with Crippen LogP contribution >= 0.6 is 0 Å². The summed E-state index contributed by atoms with van der Waals surface area (Å²) in [5.74, 6) is 0.196. The average Bonchev–Trinajstić information content (AvgIpc) is 3.20. The first kappa shape index (κ1) is 14.7. The summed E-state index contributed by atoms with van der Waals surface area (Å²) in [7, 11) is 1.38. The van der Waals surface area contributed by atoms with Gasteiger partial charge in [-0.25, -0.2) is 0 Å². The summed E-state index contributed by atoms with van der Waals surface area (Å²) in [6.45, 7) is 0.503. The van der Waals surface area contributed by atoms with Crippen LogP contribution < -0.4 is 10.6 Å². The first-order chi connectivity index (χ1) is 9.43. The van der Waals surface area contributed by atoms with Crippen molar-refractivity contribution in [1.29, 1.82) is 0 Å². The van der Waals surface area contributed by atoms with E-state index in [0.717, 1.165) is 12.5 Å². The van der Waals surface area contributed by atoms with Gasteiger partial charge >= 0.3 is 6.18 Å². The number of alkyl halides is 3. The summed E-state index contributed by atoms with van der Waals surface area (Å²) in [6.07, 6.45) is -1.23. The van der Waals surface area contributed by atoms with E-state index < -0.39 is 17.6 Å². The van der Waals surface area contributed by atoms with Crippen molar-refractivity contribution in [3.05, 3.63) is 29.3 Å². The van der Waals surface area contributed by atoms with Gasteiger partial charge in [-0.1, -0.05) is 18.9 Å². The standard InChI is InChI=1S/C14H17F3N2O/c1-18-12-10(3-2-4-11(12)14(15,16)17)13(20)19-8-7-9-5-6-9/h2-4,9,18H,5-8H2,1H3,(H,19,20). The lowest BCUT2D eigenvalue weighted by atomic mass is 10.1. The van der Waals surface area contributed by atoms with E-state index in [4.69, 9.17) is 0 Å². The number of amides is 1. The molecule has 0 radical (unpaired) electrons. The zero-order valence-electron chi connectivity index (χ0n) is 11.2. The first-order valence-corrected chi connectivity index (χ1v) is 6.59. The summed E-state index contributed by atoms with van der Waals surface area (Å²) in [6, 6.07) is 3.61. The SMILES string of the molecule is CNc1c(C(=O)NCCC2CC2)cccc1C(F)(F)F. The summed E-state index contributed by atoms with van der Waals surface area (Å²) in [5.41, 5.74) is -0.975. The van der Waals surface area contributed by atoms with Crippen molar-refractivity contribution < 1.29 is 18.0 Å². The van der Waals surface area contributed by atoms with Gasteiger partial charge in [0.1, 0.15) is 0 Å². The van der Waals surface area contributed by atoms with Gasteiger partial charge in [0.25, 0.3) is 5.91 Å². The predicted molar refractivity (Wildman–Crippen MR) is 70.7 cm³/mol. The maximum absolute atomic E-state index is 12.9. The van der Waals surface area contributed by atoms with Crippen LogP contribution in [0.15, 0.2) is 18.2 Å². The van der Waals surface area contributed by atoms with Crippen LogP contribution in [0.2, 0.25) is 0 Å². The highest BCUT2D eigenvalue weighted by Crippen LogP contribution is 2.36. The third kappa shape index (κ3) is 3.43. The van der Waals surface area contributed by atoms with Gasteiger partial charge in [0.15, 0.2) is 0 Å². The Bertz CT molecular complexity index is 496. The molecule has 6 heteroatoms. The number of nitrogens with one attached hydrogen (secondary N) is 2. The number of para-hydroxylation sites is 1. The fourth-order valence-electron chi connectivity index (χ4n) is 2.14. The number of carbonyl (C=O) groups is 1. The molecule has 110 valence electrons. The molecular weight excluding hydrogens is 269 g/mol. The molecule has 0 atom stereocenters. The van der Waals surface area contributed by atoms with Gasteiger partial charge in [0, 0.05) is 13.6 Å². The highest BCUT2D eigenvalue weighted by molar-refractivity contribution is 6.00. The Morgan fingerprint density at radius 2 is 2.05 bits per heavy atom. The van der Waals surface area contributed by atoms with Gasteiger partial charge in [-0.3, -0.25) is 4.79 Å². The van der Waals surface area contributed by atoms with E-state index in [1.807, 2.05) is 0 Å². The molecule has 0 aliphatic heterocycles. The monoisotopic (exact) mass is 286 g/mol. The van der Waals surface area contributed by atoms with E-state index in [0.29, 0.717) is 12.5 Å². The fraction of sp³-hybridized carbons (Fsp3) is 0.500. The van der Waals surface area contributed by atoms with Crippen molar-refractivity contribution in [2.75, 3.05) is 18.9 Å². The van der Waals surface area contributed by atoms with E-state index in [-0.39, 0.29) is 11.3 Å². The van der Waals surface area contributed by atoms with Crippen molar-refractivity contribution in [2.45, 2.75) is 25.4 Å². The Hall–Kier alpha value is -1.72. The molecule has 0 heterocycles. The topological polar surface area (TPSA) is 41.1 Å². The van der Waals surface area contributed by atoms with Gasteiger partial charge in [0.2, 0.25) is 0 Å². The molecule has 2 rings (SSSR count). The quantitative estimate of drug-likeness (QED) is 0.872. The van der Waals surface area contributed by atoms with Crippen LogP contribution in [0.4, 0.5) is 18.9 Å². The van der Waals surface area contributed by atoms with Crippen LogP contribution in [-0.2, 0) is 6.18 Å². The van der Waals surface area contributed by atoms with Crippen LogP contribution in [0.5, 0.6) is 0 Å². The molecule has 0 bridgehead atoms. The molecule has 3 nitrogen and oxygen atoms in total. The fourth-order valence-corrected chi connectivity index (χ4v) is 2.14. The van der Waals surface area contributed by atoms with Crippen LogP contribution in [0.1, 0.15) is 35.2 Å². The van der Waals surface area contributed by atoms with E-state index in [1.165, 1.54) is 32.0 Å². The maximum Gasteiger partial charge on any atom is 0.418 e. The Labute approximate surface area is 115 Å². The van der Waals surface area contributed by atoms with Crippen LogP contribution in [-0.4, -0.2) is 19.5 Å². The first-order valence-electron chi connectivity index (χ1n) is 6.59. The van der Waals surface area contributed by atoms with Gasteiger partial charge in [-0.15, -0.1) is 0 Å². The number of hydrogen-bond acceptors (Lipinski definition) is 2. The summed E-state index contributed by atoms with van der Waals surface area (Å²) >= 11 is 0. The molecule has 0 aromatic heterocycles. The average molecular weight is 286 g/mol. The molecule has 1 aromatic carbocycles. The smallest absolute Gasteiger partial charge is 0.387 e. The summed E-state index contributed by atoms with van der Waals surface area (Å²) < 4.78 is 38.6. The summed E-state index contributed by atoms with van der Waals surface area (Å²) in [4.78, 5) is 12.0. The van der Waals surface area contributed by atoms with E-state index in [1.54, 1.807) is 0 Å². The highest BCUT2D eigenvalue weighted by atomic mass is 19.4. The van der Waals surface area contributed by atoms with E-state index in [2.05, 4.69) is 10.6 Å². The van der Waals surface area contributed by atoms with Crippen molar-refractivity contribution in [3.63, 3.8) is 0 Å². The van der Waals surface area contributed by atoms with Crippen molar-refractivity contribution in [2.24, 2.45) is 5.92 Å². The van der Waals surface area contributed by atoms with Crippen molar-refractivity contribution in [1.82, 2.24) is 5.32 Å². The second-order valence-electron chi connectivity index (χ2n) is 4.96. The Morgan fingerprint density at radius 3 is 2.60 bits per heavy atom. The third-order valence-corrected chi connectivity index (χ3v) is 3.40. The normalized spacial score (nSPS) is 15.0. The van der Waals surface area contributed by atoms with E-state index >= 15 is 0 Å². The number of anilines is 1. The van der Waals surface area contributed by atoms with Gasteiger partial charge in [0.05, 0.1) is 16.8 Å². The van der Waals surface area contributed by atoms with Gasteiger partial charge < -0.3 is 10.6 Å². The molecule has 1 saturated carbocycles. The van der Waals surface area contributed by atoms with Gasteiger partial charge in [-0.2, -0.15) is 13.2 Å². The minimum Gasteiger partial charge on any atom is -0.387 e. The highest BCUT2D eigenvalue weighted by Gasteiger charge is 2.35. The van der Waals surface area contributed by atoms with Crippen LogP contribution in [0.3, 0.4) is 0 Å². The molecule has 0 saturated heterocycles. The second-order valence-corrected chi connectivity index (χ2v) is 4.96.